The van der Waals surface area contributed by atoms with Crippen LogP contribution < -0.4 is 0 Å². The quantitative estimate of drug-likeness (QED) is 0.205. The van der Waals surface area contributed by atoms with Gasteiger partial charge in [-0.05, 0) is 105 Å². The van der Waals surface area contributed by atoms with Gasteiger partial charge in [0, 0.05) is 62.4 Å². The number of rotatable bonds is 10. The van der Waals surface area contributed by atoms with Crippen molar-refractivity contribution in [1.29, 1.82) is 0 Å². The molecule has 0 heterocycles. The number of ether oxygens (including phenoxy) is 6. The zero-order chi connectivity index (χ0) is 39.1. The van der Waals surface area contributed by atoms with E-state index < -0.39 is 0 Å². The second-order valence-corrected chi connectivity index (χ2v) is 19.6. The van der Waals surface area contributed by atoms with E-state index >= 15 is 0 Å². The van der Waals surface area contributed by atoms with Crippen molar-refractivity contribution in [2.45, 2.75) is 164 Å². The standard InChI is InChI=1S/C24H42O4.C21H36O4/c1-8-11-22(4)14-19(28-15-26-6)23(5)16(2)9-12-24(17(3)21(22)25)13-10-18(27-7)20(23)24;1-13-11-17(25-12-23-5)20(4)14(2)7-9-21(15(3)18(13)22)10-8-16(24-6)19(20)21/h16-20H,8-15H2,1-7H3;13-17,19H,7-12H2,1-6H3/t16-,17+,18-,19-,20?,22-,23+,24?;13-,14+,15-,16+,17+,19?,20-,21?/m10/s1. The smallest absolute Gasteiger partial charge is 0.146 e. The number of carbonyl (C=O) groups is 2. The molecule has 6 fully saturated rings. The molecule has 0 spiro atoms. The van der Waals surface area contributed by atoms with Crippen molar-refractivity contribution in [3.8, 4) is 0 Å². The molecule has 6 saturated carbocycles. The normalized spacial score (nSPS) is 49.5. The molecule has 8 nitrogen and oxygen atoms in total. The first kappa shape index (κ1) is 43.2. The fraction of sp³-hybridized carbons (Fsp3) is 0.956. The van der Waals surface area contributed by atoms with E-state index in [4.69, 9.17) is 28.4 Å². The van der Waals surface area contributed by atoms with Crippen LogP contribution in [0, 0.1) is 68.5 Å². The number of hydrogen-bond acceptors (Lipinski definition) is 8. The van der Waals surface area contributed by atoms with Gasteiger partial charge in [0.2, 0.25) is 0 Å². The van der Waals surface area contributed by atoms with Gasteiger partial charge in [-0.15, -0.1) is 0 Å². The highest BCUT2D eigenvalue weighted by molar-refractivity contribution is 5.87. The molecular weight excluding hydrogens is 668 g/mol. The summed E-state index contributed by atoms with van der Waals surface area (Å²) in [6, 6.07) is 0. The van der Waals surface area contributed by atoms with Gasteiger partial charge in [-0.2, -0.15) is 0 Å². The monoisotopic (exact) mass is 747 g/mol. The molecule has 0 aromatic rings. The minimum atomic E-state index is -0.325. The molecule has 53 heavy (non-hydrogen) atoms. The molecule has 6 aliphatic rings. The van der Waals surface area contributed by atoms with Crippen LogP contribution in [0.4, 0.5) is 0 Å². The first-order valence-electron chi connectivity index (χ1n) is 21.4. The van der Waals surface area contributed by atoms with Crippen molar-refractivity contribution in [3.63, 3.8) is 0 Å². The fourth-order valence-corrected chi connectivity index (χ4v) is 14.4. The van der Waals surface area contributed by atoms with Crippen LogP contribution in [0.2, 0.25) is 0 Å². The highest BCUT2D eigenvalue weighted by Crippen LogP contribution is 2.70. The molecule has 0 aromatic carbocycles. The van der Waals surface area contributed by atoms with Gasteiger partial charge >= 0.3 is 0 Å². The summed E-state index contributed by atoms with van der Waals surface area (Å²) in [5.41, 5.74) is -0.214. The second kappa shape index (κ2) is 16.5. The zero-order valence-electron chi connectivity index (χ0n) is 36.0. The van der Waals surface area contributed by atoms with Crippen LogP contribution in [-0.2, 0) is 38.0 Å². The largest absolute Gasteiger partial charge is 0.381 e. The average molecular weight is 747 g/mol. The number of methoxy groups -OCH3 is 4. The lowest BCUT2D eigenvalue weighted by molar-refractivity contribution is -0.220. The SMILES string of the molecule is CCC[C@]1(C)C[C@@H](OCOC)[C@@]2(C)C3[C@H](OC)CCC3(CC[C@H]2C)[C@@H](C)C1=O.COCO[C@@H]1C[C@H](C)C(=O)[C@H](C)C23CC[C@@H](C)[C@]1(C)C2[C@H](OC)CC3. The Morgan fingerprint density at radius 1 is 0.642 bits per heavy atom. The summed E-state index contributed by atoms with van der Waals surface area (Å²) in [6.07, 6.45) is 13.0. The van der Waals surface area contributed by atoms with E-state index in [1.54, 1.807) is 14.2 Å². The molecule has 16 atom stereocenters. The molecular formula is C45H78O8. The lowest BCUT2D eigenvalue weighted by atomic mass is 9.43. The van der Waals surface area contributed by atoms with Crippen LogP contribution in [0.15, 0.2) is 0 Å². The zero-order valence-corrected chi connectivity index (χ0v) is 36.0. The Bertz CT molecular complexity index is 1270. The number of hydrogen-bond donors (Lipinski definition) is 0. The predicted octanol–water partition coefficient (Wildman–Crippen LogP) is 9.31. The Hall–Kier alpha value is -0.900. The molecule has 0 amide bonds. The summed E-state index contributed by atoms with van der Waals surface area (Å²) >= 11 is 0. The Kier molecular flexibility index (Phi) is 13.5. The van der Waals surface area contributed by atoms with Crippen molar-refractivity contribution in [3.05, 3.63) is 0 Å². The number of carbonyl (C=O) groups excluding carboxylic acids is 2. The minimum absolute atomic E-state index is 0.0101. The molecule has 6 rings (SSSR count). The van der Waals surface area contributed by atoms with E-state index in [-0.39, 0.29) is 76.0 Å². The Morgan fingerprint density at radius 3 is 1.57 bits per heavy atom. The van der Waals surface area contributed by atoms with Crippen LogP contribution in [0.25, 0.3) is 0 Å². The van der Waals surface area contributed by atoms with Gasteiger partial charge < -0.3 is 28.4 Å². The molecule has 8 heteroatoms. The minimum Gasteiger partial charge on any atom is -0.381 e. The molecule has 4 unspecified atom stereocenters. The van der Waals surface area contributed by atoms with Crippen LogP contribution in [0.1, 0.15) is 139 Å². The van der Waals surface area contributed by atoms with Crippen molar-refractivity contribution in [1.82, 2.24) is 0 Å². The molecule has 0 aromatic heterocycles. The third-order valence-corrected chi connectivity index (χ3v) is 17.7. The highest BCUT2D eigenvalue weighted by Gasteiger charge is 2.69. The molecule has 0 saturated heterocycles. The molecule has 306 valence electrons. The summed E-state index contributed by atoms with van der Waals surface area (Å²) in [7, 11) is 7.05. The Balaban J connectivity index is 0.000000206. The van der Waals surface area contributed by atoms with Crippen molar-refractivity contribution in [2.75, 3.05) is 42.0 Å². The summed E-state index contributed by atoms with van der Waals surface area (Å²) in [6.45, 7) is 21.1. The van der Waals surface area contributed by atoms with E-state index in [1.165, 1.54) is 12.8 Å². The van der Waals surface area contributed by atoms with Crippen LogP contribution in [0.5, 0.6) is 0 Å². The van der Waals surface area contributed by atoms with Crippen molar-refractivity contribution in [2.24, 2.45) is 68.5 Å². The fourth-order valence-electron chi connectivity index (χ4n) is 14.4. The van der Waals surface area contributed by atoms with Gasteiger partial charge in [-0.25, -0.2) is 0 Å². The Labute approximate surface area is 323 Å². The van der Waals surface area contributed by atoms with Gasteiger partial charge in [-0.3, -0.25) is 9.59 Å². The number of ketones is 2. The van der Waals surface area contributed by atoms with Crippen LogP contribution >= 0.6 is 0 Å². The molecule has 4 bridgehead atoms. The van der Waals surface area contributed by atoms with Gasteiger partial charge in [0.25, 0.3) is 0 Å². The van der Waals surface area contributed by atoms with Gasteiger partial charge in [0.1, 0.15) is 25.2 Å². The highest BCUT2D eigenvalue weighted by atomic mass is 16.7. The summed E-state index contributed by atoms with van der Waals surface area (Å²) in [5.74, 6) is 2.95. The van der Waals surface area contributed by atoms with E-state index in [0.717, 1.165) is 64.2 Å². The third-order valence-electron chi connectivity index (χ3n) is 17.7. The van der Waals surface area contributed by atoms with Gasteiger partial charge in [-0.1, -0.05) is 68.7 Å². The summed E-state index contributed by atoms with van der Waals surface area (Å²) < 4.78 is 35.3. The van der Waals surface area contributed by atoms with Gasteiger partial charge in [0.05, 0.1) is 24.4 Å². The molecule has 0 N–H and O–H groups in total. The molecule has 0 radical (unpaired) electrons. The number of Topliss-reactive ketones (excluding diaryl/α,β-unsaturated/α-hetero) is 2. The average Bonchev–Trinajstić information content (AvgIpc) is 3.74. The Morgan fingerprint density at radius 2 is 1.09 bits per heavy atom. The van der Waals surface area contributed by atoms with Crippen LogP contribution in [-0.4, -0.2) is 78.0 Å². The van der Waals surface area contributed by atoms with E-state index in [0.29, 0.717) is 42.0 Å². The molecule has 6 aliphatic carbocycles. The maximum absolute atomic E-state index is 13.9. The predicted molar refractivity (Wildman–Crippen MR) is 208 cm³/mol. The topological polar surface area (TPSA) is 89.5 Å². The van der Waals surface area contributed by atoms with E-state index in [2.05, 4.69) is 62.3 Å². The first-order valence-corrected chi connectivity index (χ1v) is 21.4. The maximum atomic E-state index is 13.9. The summed E-state index contributed by atoms with van der Waals surface area (Å²) in [4.78, 5) is 27.1. The lowest BCUT2D eigenvalue weighted by Crippen LogP contribution is -2.62. The van der Waals surface area contributed by atoms with Crippen molar-refractivity contribution < 1.29 is 38.0 Å². The maximum Gasteiger partial charge on any atom is 0.146 e. The second-order valence-electron chi connectivity index (χ2n) is 19.6. The third kappa shape index (κ3) is 6.85. The van der Waals surface area contributed by atoms with E-state index in [1.807, 2.05) is 14.2 Å². The molecule has 0 aliphatic heterocycles. The lowest BCUT2D eigenvalue weighted by Gasteiger charge is -2.62. The van der Waals surface area contributed by atoms with Crippen molar-refractivity contribution >= 4 is 11.6 Å². The summed E-state index contributed by atoms with van der Waals surface area (Å²) in [5, 5.41) is 0. The first-order chi connectivity index (χ1) is 25.0. The van der Waals surface area contributed by atoms with Gasteiger partial charge in [0.15, 0.2) is 0 Å². The van der Waals surface area contributed by atoms with E-state index in [9.17, 15) is 9.59 Å². The van der Waals surface area contributed by atoms with Crippen LogP contribution in [0.3, 0.4) is 0 Å².